The minimum absolute atomic E-state index is 0.151. The van der Waals surface area contributed by atoms with Gasteiger partial charge in [-0.15, -0.1) is 0 Å². The van der Waals surface area contributed by atoms with Crippen molar-refractivity contribution in [2.45, 2.75) is 24.6 Å². The van der Waals surface area contributed by atoms with Gasteiger partial charge in [0.1, 0.15) is 12.0 Å². The molecule has 2 heterocycles. The fraction of sp³-hybridized carbons (Fsp3) is 0.278. The van der Waals surface area contributed by atoms with Crippen LogP contribution in [-0.4, -0.2) is 41.9 Å². The predicted molar refractivity (Wildman–Crippen MR) is 85.3 cm³/mol. The van der Waals surface area contributed by atoms with E-state index in [-0.39, 0.29) is 24.5 Å². The summed E-state index contributed by atoms with van der Waals surface area (Å²) in [7, 11) is 1.25. The lowest BCUT2D eigenvalue weighted by Crippen LogP contribution is -2.62. The van der Waals surface area contributed by atoms with Crippen molar-refractivity contribution in [3.8, 4) is 0 Å². The summed E-state index contributed by atoms with van der Waals surface area (Å²) in [6.07, 6.45) is 5.19. The smallest absolute Gasteiger partial charge is 0.340 e. The van der Waals surface area contributed by atoms with E-state index in [1.54, 1.807) is 6.08 Å². The third kappa shape index (κ3) is 2.40. The highest BCUT2D eigenvalue weighted by atomic mass is 16.6. The van der Waals surface area contributed by atoms with Crippen molar-refractivity contribution in [2.24, 2.45) is 0 Å². The molecule has 1 unspecified atom stereocenters. The van der Waals surface area contributed by atoms with Crippen molar-refractivity contribution < 1.29 is 23.9 Å². The van der Waals surface area contributed by atoms with Crippen LogP contribution in [0.2, 0.25) is 0 Å². The number of fused-ring (bicyclic) bond motifs is 1. The summed E-state index contributed by atoms with van der Waals surface area (Å²) in [5.41, 5.74) is -0.454. The zero-order chi connectivity index (χ0) is 17.2. The van der Waals surface area contributed by atoms with E-state index in [1.165, 1.54) is 18.1 Å². The normalized spacial score (nSPS) is 26.9. The Morgan fingerprint density at radius 1 is 1.42 bits per heavy atom. The van der Waals surface area contributed by atoms with E-state index in [9.17, 15) is 14.4 Å². The number of allylic oxidation sites excluding steroid dienone is 1. The Morgan fingerprint density at radius 2 is 2.17 bits per heavy atom. The van der Waals surface area contributed by atoms with Crippen molar-refractivity contribution >= 4 is 24.2 Å². The molecule has 2 fully saturated rings. The van der Waals surface area contributed by atoms with E-state index in [2.05, 4.69) is 0 Å². The molecular formula is C18H17NO5. The van der Waals surface area contributed by atoms with Crippen LogP contribution in [-0.2, 0) is 23.9 Å². The fourth-order valence-corrected chi connectivity index (χ4v) is 3.12. The minimum atomic E-state index is -1.42. The van der Waals surface area contributed by atoms with E-state index >= 15 is 0 Å². The molecule has 1 aromatic carbocycles. The molecule has 0 bridgehead atoms. The van der Waals surface area contributed by atoms with Crippen molar-refractivity contribution in [2.75, 3.05) is 7.11 Å². The summed E-state index contributed by atoms with van der Waals surface area (Å²) in [5, 5.41) is 0. The van der Waals surface area contributed by atoms with Crippen LogP contribution in [0, 0.1) is 0 Å². The summed E-state index contributed by atoms with van der Waals surface area (Å²) in [4.78, 5) is 36.8. The topological polar surface area (TPSA) is 72.9 Å². The molecule has 2 saturated heterocycles. The van der Waals surface area contributed by atoms with Gasteiger partial charge in [-0.3, -0.25) is 14.5 Å². The molecule has 1 amide bonds. The van der Waals surface area contributed by atoms with E-state index in [0.29, 0.717) is 6.29 Å². The zero-order valence-corrected chi connectivity index (χ0v) is 13.2. The van der Waals surface area contributed by atoms with Gasteiger partial charge in [-0.1, -0.05) is 42.5 Å². The number of carbonyl (C=O) groups is 3. The number of amides is 1. The van der Waals surface area contributed by atoms with Crippen LogP contribution in [0.5, 0.6) is 0 Å². The third-order valence-corrected chi connectivity index (χ3v) is 4.25. The first kappa shape index (κ1) is 16.0. The van der Waals surface area contributed by atoms with Gasteiger partial charge < -0.3 is 9.47 Å². The van der Waals surface area contributed by atoms with E-state index in [0.717, 1.165) is 5.56 Å². The van der Waals surface area contributed by atoms with Crippen molar-refractivity contribution in [1.29, 1.82) is 0 Å². The molecule has 0 radical (unpaired) electrons. The number of rotatable bonds is 5. The highest BCUT2D eigenvalue weighted by molar-refractivity contribution is 5.96. The first-order chi connectivity index (χ1) is 11.6. The fourth-order valence-electron chi connectivity index (χ4n) is 3.12. The van der Waals surface area contributed by atoms with Gasteiger partial charge in [0.25, 0.3) is 0 Å². The van der Waals surface area contributed by atoms with Gasteiger partial charge in [-0.25, -0.2) is 4.79 Å². The SMILES string of the molecule is COC(=O)C1(C/C=C/c2ccccc2)C(=CC=O)O[C@@H]2CC(=O)N21. The average molecular weight is 327 g/mol. The van der Waals surface area contributed by atoms with Crippen LogP contribution in [0.1, 0.15) is 18.4 Å². The van der Waals surface area contributed by atoms with Crippen molar-refractivity contribution in [3.63, 3.8) is 0 Å². The van der Waals surface area contributed by atoms with E-state index in [4.69, 9.17) is 9.47 Å². The Morgan fingerprint density at radius 3 is 2.79 bits per heavy atom. The molecule has 0 saturated carbocycles. The molecule has 2 aliphatic heterocycles. The van der Waals surface area contributed by atoms with Gasteiger partial charge in [0.2, 0.25) is 11.4 Å². The molecule has 0 aromatic heterocycles. The van der Waals surface area contributed by atoms with Crippen LogP contribution in [0.25, 0.3) is 6.08 Å². The number of ether oxygens (including phenoxy) is 2. The van der Waals surface area contributed by atoms with Gasteiger partial charge in [0, 0.05) is 12.5 Å². The lowest BCUT2D eigenvalue weighted by atomic mass is 9.88. The molecule has 2 aliphatic rings. The molecule has 6 heteroatoms. The number of carbonyl (C=O) groups excluding carboxylic acids is 3. The zero-order valence-electron chi connectivity index (χ0n) is 13.2. The Balaban J connectivity index is 1.96. The lowest BCUT2D eigenvalue weighted by Gasteiger charge is -2.40. The first-order valence-electron chi connectivity index (χ1n) is 7.58. The Hall–Kier alpha value is -2.89. The second kappa shape index (κ2) is 6.31. The molecule has 1 aromatic rings. The predicted octanol–water partition coefficient (Wildman–Crippen LogP) is 1.67. The van der Waals surface area contributed by atoms with E-state index < -0.39 is 17.7 Å². The largest absolute Gasteiger partial charge is 0.471 e. The number of benzene rings is 1. The Labute approximate surface area is 139 Å². The molecule has 24 heavy (non-hydrogen) atoms. The van der Waals surface area contributed by atoms with Gasteiger partial charge >= 0.3 is 5.97 Å². The molecule has 0 aliphatic carbocycles. The lowest BCUT2D eigenvalue weighted by molar-refractivity contribution is -0.171. The number of esters is 1. The maximum Gasteiger partial charge on any atom is 0.340 e. The molecule has 0 spiro atoms. The maximum atomic E-state index is 12.5. The number of methoxy groups -OCH3 is 1. The van der Waals surface area contributed by atoms with Crippen molar-refractivity contribution in [3.05, 3.63) is 53.8 Å². The molecule has 2 atom stereocenters. The minimum Gasteiger partial charge on any atom is -0.471 e. The van der Waals surface area contributed by atoms with Crippen LogP contribution in [0.4, 0.5) is 0 Å². The van der Waals surface area contributed by atoms with Gasteiger partial charge in [0.05, 0.1) is 13.5 Å². The summed E-state index contributed by atoms with van der Waals surface area (Å²) in [6, 6.07) is 9.56. The Bertz CT molecular complexity index is 724. The second-order valence-corrected chi connectivity index (χ2v) is 5.58. The highest BCUT2D eigenvalue weighted by Crippen LogP contribution is 2.46. The highest BCUT2D eigenvalue weighted by Gasteiger charge is 2.64. The monoisotopic (exact) mass is 327 g/mol. The molecule has 0 N–H and O–H groups in total. The van der Waals surface area contributed by atoms with Crippen LogP contribution in [0.3, 0.4) is 0 Å². The van der Waals surface area contributed by atoms with Crippen LogP contribution >= 0.6 is 0 Å². The Kier molecular flexibility index (Phi) is 4.20. The molecule has 3 rings (SSSR count). The van der Waals surface area contributed by atoms with Gasteiger partial charge in [0.15, 0.2) is 6.23 Å². The standard InChI is InChI=1S/C18H17NO5/c1-23-17(22)18(10-5-8-13-6-3-2-4-7-13)14(9-11-20)24-16-12-15(21)19(16)18/h2-9,11,16H,10,12H2,1H3/b8-5+,14-9?/t16-,18?/m1/s1. The number of aldehydes is 1. The van der Waals surface area contributed by atoms with Gasteiger partial charge in [-0.2, -0.15) is 0 Å². The third-order valence-electron chi connectivity index (χ3n) is 4.25. The second-order valence-electron chi connectivity index (χ2n) is 5.58. The summed E-state index contributed by atoms with van der Waals surface area (Å²) < 4.78 is 10.5. The summed E-state index contributed by atoms with van der Waals surface area (Å²) in [6.45, 7) is 0. The number of hydrogen-bond donors (Lipinski definition) is 0. The quantitative estimate of drug-likeness (QED) is 0.356. The van der Waals surface area contributed by atoms with Crippen LogP contribution in [0.15, 0.2) is 48.2 Å². The first-order valence-corrected chi connectivity index (χ1v) is 7.58. The van der Waals surface area contributed by atoms with E-state index in [1.807, 2.05) is 36.4 Å². The molecule has 124 valence electrons. The van der Waals surface area contributed by atoms with Gasteiger partial charge in [-0.05, 0) is 5.56 Å². The number of hydrogen-bond acceptors (Lipinski definition) is 5. The molecular weight excluding hydrogens is 310 g/mol. The molecule has 6 nitrogen and oxygen atoms in total. The summed E-state index contributed by atoms with van der Waals surface area (Å²) >= 11 is 0. The summed E-state index contributed by atoms with van der Waals surface area (Å²) in [5.74, 6) is -0.672. The van der Waals surface area contributed by atoms with Crippen molar-refractivity contribution in [1.82, 2.24) is 4.90 Å². The number of β-lactam (4-membered cyclic amide) rings is 1. The van der Waals surface area contributed by atoms with Crippen LogP contribution < -0.4 is 0 Å². The number of nitrogens with zero attached hydrogens (tertiary/aromatic N) is 1. The maximum absolute atomic E-state index is 12.5. The average Bonchev–Trinajstić information content (AvgIpc) is 2.84.